The molecule has 0 saturated heterocycles. The quantitative estimate of drug-likeness (QED) is 0.610. The van der Waals surface area contributed by atoms with Crippen molar-refractivity contribution in [1.82, 2.24) is 4.98 Å². The summed E-state index contributed by atoms with van der Waals surface area (Å²) in [6.07, 6.45) is 2.07. The molecule has 6 heteroatoms. The number of rotatable bonds is 11. The highest BCUT2D eigenvalue weighted by Crippen LogP contribution is 2.21. The summed E-state index contributed by atoms with van der Waals surface area (Å²) in [7, 11) is 1.67. The fraction of sp³-hybridized carbons (Fsp3) is 0.667. The molecular weight excluding hydrogens is 270 g/mol. The number of nitrogens with one attached hydrogen (secondary N) is 1. The van der Waals surface area contributed by atoms with Crippen LogP contribution in [-0.2, 0) is 9.47 Å². The van der Waals surface area contributed by atoms with E-state index in [1.807, 2.05) is 19.9 Å². The second-order valence-corrected chi connectivity index (χ2v) is 5.00. The Balaban J connectivity index is 2.23. The zero-order valence-corrected chi connectivity index (χ0v) is 13.2. The molecule has 0 bridgehead atoms. The predicted molar refractivity (Wildman–Crippen MR) is 84.8 cm³/mol. The van der Waals surface area contributed by atoms with E-state index >= 15 is 0 Å². The molecular formula is C15H27N3O3. The van der Waals surface area contributed by atoms with E-state index in [1.54, 1.807) is 13.2 Å². The molecule has 0 radical (unpaired) electrons. The minimum Gasteiger partial charge on any atom is -0.473 e. The van der Waals surface area contributed by atoms with Gasteiger partial charge in [-0.1, -0.05) is 0 Å². The van der Waals surface area contributed by atoms with Gasteiger partial charge in [0.15, 0.2) is 0 Å². The Labute approximate surface area is 127 Å². The van der Waals surface area contributed by atoms with E-state index in [9.17, 15) is 0 Å². The number of nitrogens with zero attached hydrogens (tertiary/aromatic N) is 1. The van der Waals surface area contributed by atoms with Gasteiger partial charge in [0.1, 0.15) is 5.82 Å². The molecule has 1 aromatic rings. The first-order chi connectivity index (χ1) is 10.1. The van der Waals surface area contributed by atoms with E-state index in [-0.39, 0.29) is 6.10 Å². The highest BCUT2D eigenvalue weighted by molar-refractivity contribution is 5.53. The van der Waals surface area contributed by atoms with Crippen molar-refractivity contribution in [3.05, 3.63) is 12.1 Å². The fourth-order valence-electron chi connectivity index (χ4n) is 1.66. The van der Waals surface area contributed by atoms with Gasteiger partial charge in [0.25, 0.3) is 0 Å². The normalized spacial score (nSPS) is 10.9. The first-order valence-corrected chi connectivity index (χ1v) is 7.37. The van der Waals surface area contributed by atoms with E-state index in [0.29, 0.717) is 24.8 Å². The molecule has 0 saturated carbocycles. The number of ether oxygens (including phenoxy) is 3. The zero-order valence-electron chi connectivity index (χ0n) is 13.2. The van der Waals surface area contributed by atoms with Gasteiger partial charge in [0, 0.05) is 20.3 Å². The Hall–Kier alpha value is -1.53. The fourth-order valence-corrected chi connectivity index (χ4v) is 1.66. The Bertz CT molecular complexity index is 400. The van der Waals surface area contributed by atoms with Crippen molar-refractivity contribution in [1.29, 1.82) is 0 Å². The van der Waals surface area contributed by atoms with E-state index < -0.39 is 0 Å². The van der Waals surface area contributed by atoms with Crippen molar-refractivity contribution < 1.29 is 14.2 Å². The number of hydrogen-bond donors (Lipinski definition) is 2. The average Bonchev–Trinajstić information content (AvgIpc) is 2.44. The lowest BCUT2D eigenvalue weighted by Crippen LogP contribution is -2.11. The lowest BCUT2D eigenvalue weighted by atomic mass is 10.3. The first kappa shape index (κ1) is 17.5. The molecule has 0 spiro atoms. The maximum absolute atomic E-state index is 5.83. The van der Waals surface area contributed by atoms with Crippen LogP contribution >= 0.6 is 0 Å². The molecule has 1 rings (SSSR count). The third kappa shape index (κ3) is 7.72. The van der Waals surface area contributed by atoms with Crippen LogP contribution in [0.2, 0.25) is 0 Å². The van der Waals surface area contributed by atoms with Crippen molar-refractivity contribution >= 4 is 11.5 Å². The molecule has 3 N–H and O–H groups in total. The van der Waals surface area contributed by atoms with Crippen LogP contribution in [0.25, 0.3) is 0 Å². The molecule has 1 aromatic heterocycles. The smallest absolute Gasteiger partial charge is 0.239 e. The molecule has 0 aliphatic heterocycles. The van der Waals surface area contributed by atoms with Crippen LogP contribution < -0.4 is 15.8 Å². The van der Waals surface area contributed by atoms with Crippen molar-refractivity contribution in [3.8, 4) is 5.88 Å². The number of pyridine rings is 1. The topological polar surface area (TPSA) is 78.6 Å². The van der Waals surface area contributed by atoms with Crippen LogP contribution in [0.4, 0.5) is 11.5 Å². The molecule has 120 valence electrons. The number of anilines is 2. The molecule has 0 aliphatic rings. The standard InChI is InChI=1S/C15H27N3O3/c1-12(2)21-15-13(16)6-7-14(18-15)17-8-4-5-9-20-11-10-19-3/h6-7,12H,4-5,8-11,16H2,1-3H3,(H,17,18). The predicted octanol–water partition coefficient (Wildman–Crippen LogP) is 2.31. The Morgan fingerprint density at radius 3 is 2.71 bits per heavy atom. The Morgan fingerprint density at radius 1 is 1.19 bits per heavy atom. The zero-order chi connectivity index (χ0) is 15.5. The van der Waals surface area contributed by atoms with Gasteiger partial charge in [-0.15, -0.1) is 0 Å². The summed E-state index contributed by atoms with van der Waals surface area (Å²) in [6.45, 7) is 6.79. The third-order valence-electron chi connectivity index (χ3n) is 2.69. The van der Waals surface area contributed by atoms with Crippen LogP contribution in [0, 0.1) is 0 Å². The van der Waals surface area contributed by atoms with Gasteiger partial charge < -0.3 is 25.3 Å². The number of methoxy groups -OCH3 is 1. The monoisotopic (exact) mass is 297 g/mol. The van der Waals surface area contributed by atoms with Gasteiger partial charge in [0.05, 0.1) is 25.0 Å². The van der Waals surface area contributed by atoms with Crippen LogP contribution in [0.5, 0.6) is 5.88 Å². The van der Waals surface area contributed by atoms with Crippen molar-refractivity contribution in [2.75, 3.05) is 44.5 Å². The van der Waals surface area contributed by atoms with Gasteiger partial charge in [0.2, 0.25) is 5.88 Å². The summed E-state index contributed by atoms with van der Waals surface area (Å²) in [5, 5.41) is 3.26. The largest absolute Gasteiger partial charge is 0.473 e. The molecule has 0 unspecified atom stereocenters. The highest BCUT2D eigenvalue weighted by Gasteiger charge is 2.06. The van der Waals surface area contributed by atoms with Gasteiger partial charge in [-0.05, 0) is 38.8 Å². The van der Waals surface area contributed by atoms with Crippen LogP contribution in [0.3, 0.4) is 0 Å². The third-order valence-corrected chi connectivity index (χ3v) is 2.69. The molecule has 21 heavy (non-hydrogen) atoms. The molecule has 0 amide bonds. The van der Waals surface area contributed by atoms with Crippen LogP contribution in [-0.4, -0.2) is 44.6 Å². The summed E-state index contributed by atoms with van der Waals surface area (Å²) in [5.74, 6) is 1.26. The van der Waals surface area contributed by atoms with Gasteiger partial charge >= 0.3 is 0 Å². The van der Waals surface area contributed by atoms with Crippen molar-refractivity contribution in [3.63, 3.8) is 0 Å². The summed E-state index contributed by atoms with van der Waals surface area (Å²) in [4.78, 5) is 4.36. The van der Waals surface area contributed by atoms with Gasteiger partial charge in [-0.3, -0.25) is 0 Å². The van der Waals surface area contributed by atoms with Gasteiger partial charge in [-0.25, -0.2) is 0 Å². The van der Waals surface area contributed by atoms with E-state index in [1.165, 1.54) is 0 Å². The molecule has 0 atom stereocenters. The summed E-state index contributed by atoms with van der Waals surface area (Å²) < 4.78 is 15.9. The van der Waals surface area contributed by atoms with E-state index in [2.05, 4.69) is 10.3 Å². The van der Waals surface area contributed by atoms with Crippen LogP contribution in [0.1, 0.15) is 26.7 Å². The minimum absolute atomic E-state index is 0.0549. The number of unbranched alkanes of at least 4 members (excludes halogenated alkanes) is 1. The average molecular weight is 297 g/mol. The molecule has 1 heterocycles. The summed E-state index contributed by atoms with van der Waals surface area (Å²) in [6, 6.07) is 3.67. The second-order valence-electron chi connectivity index (χ2n) is 5.00. The van der Waals surface area contributed by atoms with E-state index in [0.717, 1.165) is 31.8 Å². The Morgan fingerprint density at radius 2 is 2.00 bits per heavy atom. The molecule has 0 aliphatic carbocycles. The van der Waals surface area contributed by atoms with E-state index in [4.69, 9.17) is 19.9 Å². The van der Waals surface area contributed by atoms with Crippen LogP contribution in [0.15, 0.2) is 12.1 Å². The maximum atomic E-state index is 5.83. The molecule has 6 nitrogen and oxygen atoms in total. The molecule has 0 aromatic carbocycles. The number of hydrogen-bond acceptors (Lipinski definition) is 6. The van der Waals surface area contributed by atoms with Crippen molar-refractivity contribution in [2.45, 2.75) is 32.8 Å². The van der Waals surface area contributed by atoms with Crippen molar-refractivity contribution in [2.24, 2.45) is 0 Å². The number of nitrogen functional groups attached to an aromatic ring is 1. The molecule has 0 fully saturated rings. The Kier molecular flexibility index (Phi) is 8.54. The highest BCUT2D eigenvalue weighted by atomic mass is 16.5. The number of nitrogens with two attached hydrogens (primary N) is 1. The SMILES string of the molecule is COCCOCCCCNc1ccc(N)c(OC(C)C)n1. The minimum atomic E-state index is 0.0549. The summed E-state index contributed by atoms with van der Waals surface area (Å²) in [5.41, 5.74) is 6.39. The van der Waals surface area contributed by atoms with Gasteiger partial charge in [-0.2, -0.15) is 4.98 Å². The second kappa shape index (κ2) is 10.2. The number of aromatic nitrogens is 1. The summed E-state index contributed by atoms with van der Waals surface area (Å²) >= 11 is 0. The lowest BCUT2D eigenvalue weighted by molar-refractivity contribution is 0.0691. The first-order valence-electron chi connectivity index (χ1n) is 7.37. The maximum Gasteiger partial charge on any atom is 0.239 e. The lowest BCUT2D eigenvalue weighted by Gasteiger charge is -2.13.